The minimum absolute atomic E-state index is 0.0422. The Labute approximate surface area is 153 Å². The summed E-state index contributed by atoms with van der Waals surface area (Å²) >= 11 is 1.25. The van der Waals surface area contributed by atoms with E-state index < -0.39 is 5.97 Å². The number of ether oxygens (including phenoxy) is 1. The van der Waals surface area contributed by atoms with E-state index in [0.29, 0.717) is 16.4 Å². The van der Waals surface area contributed by atoms with Crippen LogP contribution in [0.5, 0.6) is 0 Å². The van der Waals surface area contributed by atoms with E-state index in [4.69, 9.17) is 4.74 Å². The van der Waals surface area contributed by atoms with Crippen LogP contribution in [0.3, 0.4) is 0 Å². The van der Waals surface area contributed by atoms with Crippen molar-refractivity contribution < 1.29 is 19.4 Å². The lowest BCUT2D eigenvalue weighted by Gasteiger charge is -2.08. The molecule has 134 valence electrons. The highest BCUT2D eigenvalue weighted by atomic mass is 32.2. The normalized spacial score (nSPS) is 10.7. The zero-order chi connectivity index (χ0) is 18.5. The maximum Gasteiger partial charge on any atom is 0.339 e. The van der Waals surface area contributed by atoms with Crippen LogP contribution in [0.25, 0.3) is 11.0 Å². The number of aliphatic hydroxyl groups excluding tert-OH is 1. The Morgan fingerprint density at radius 3 is 2.85 bits per heavy atom. The first-order valence-corrected chi connectivity index (χ1v) is 8.78. The lowest BCUT2D eigenvalue weighted by Crippen LogP contribution is -2.17. The smallest absolute Gasteiger partial charge is 0.339 e. The van der Waals surface area contributed by atoms with Crippen LogP contribution in [-0.2, 0) is 16.1 Å². The Hall–Kier alpha value is -2.84. The fraction of sp³-hybridized carbons (Fsp3) is 0.167. The average molecular weight is 371 g/mol. The van der Waals surface area contributed by atoms with Crippen LogP contribution in [0.4, 0.5) is 5.69 Å². The molecule has 1 heterocycles. The number of hydrogen-bond acceptors (Lipinski definition) is 6. The number of hydrogen-bond donors (Lipinski definition) is 3. The molecule has 0 atom stereocenters. The number of nitrogens with zero attached hydrogens (tertiary/aromatic N) is 1. The molecule has 0 saturated heterocycles. The summed E-state index contributed by atoms with van der Waals surface area (Å²) in [5, 5.41) is 12.5. The second-order valence-electron chi connectivity index (χ2n) is 5.43. The third kappa shape index (κ3) is 4.04. The summed E-state index contributed by atoms with van der Waals surface area (Å²) in [5.41, 5.74) is 3.06. The van der Waals surface area contributed by atoms with Gasteiger partial charge in [0.05, 0.1) is 41.8 Å². The molecule has 8 heteroatoms. The molecular weight excluding hydrogens is 354 g/mol. The van der Waals surface area contributed by atoms with E-state index in [-0.39, 0.29) is 18.3 Å². The number of carbonyl (C=O) groups is 2. The van der Waals surface area contributed by atoms with Gasteiger partial charge >= 0.3 is 5.97 Å². The minimum atomic E-state index is -0.509. The molecule has 3 N–H and O–H groups in total. The van der Waals surface area contributed by atoms with Crippen molar-refractivity contribution in [1.82, 2.24) is 9.97 Å². The van der Waals surface area contributed by atoms with Gasteiger partial charge in [0.2, 0.25) is 5.91 Å². The molecule has 1 amide bonds. The van der Waals surface area contributed by atoms with Gasteiger partial charge in [-0.1, -0.05) is 30.0 Å². The van der Waals surface area contributed by atoms with Crippen LogP contribution in [0, 0.1) is 0 Å². The van der Waals surface area contributed by atoms with Crippen molar-refractivity contribution in [3.05, 3.63) is 53.6 Å². The minimum Gasteiger partial charge on any atom is -0.465 e. The SMILES string of the molecule is COC(=O)c1ccccc1NC(=O)CSc1nc2ccc(CO)cc2[nH]1. The molecular formula is C18H17N3O4S. The molecule has 0 aliphatic heterocycles. The van der Waals surface area contributed by atoms with Crippen molar-refractivity contribution in [3.8, 4) is 0 Å². The summed E-state index contributed by atoms with van der Waals surface area (Å²) in [6.45, 7) is -0.0422. The van der Waals surface area contributed by atoms with E-state index in [9.17, 15) is 14.7 Å². The molecule has 3 rings (SSSR count). The lowest BCUT2D eigenvalue weighted by atomic mass is 10.2. The lowest BCUT2D eigenvalue weighted by molar-refractivity contribution is -0.113. The van der Waals surface area contributed by atoms with Crippen LogP contribution >= 0.6 is 11.8 Å². The third-order valence-corrected chi connectivity index (χ3v) is 4.53. The van der Waals surface area contributed by atoms with Crippen LogP contribution in [-0.4, -0.2) is 39.8 Å². The first kappa shape index (κ1) is 18.0. The van der Waals surface area contributed by atoms with Gasteiger partial charge in [0.25, 0.3) is 0 Å². The Morgan fingerprint density at radius 2 is 2.08 bits per heavy atom. The van der Waals surface area contributed by atoms with E-state index in [2.05, 4.69) is 15.3 Å². The third-order valence-electron chi connectivity index (χ3n) is 3.65. The number of nitrogens with one attached hydrogen (secondary N) is 2. The Bertz CT molecular complexity index is 955. The number of thioether (sulfide) groups is 1. The number of aliphatic hydroxyl groups is 1. The van der Waals surface area contributed by atoms with Gasteiger partial charge in [-0.05, 0) is 29.8 Å². The maximum atomic E-state index is 12.2. The predicted molar refractivity (Wildman–Crippen MR) is 99.2 cm³/mol. The number of imidazole rings is 1. The number of methoxy groups -OCH3 is 1. The second-order valence-corrected chi connectivity index (χ2v) is 6.39. The highest BCUT2D eigenvalue weighted by Gasteiger charge is 2.14. The summed E-state index contributed by atoms with van der Waals surface area (Å²) in [5.74, 6) is -0.643. The molecule has 7 nitrogen and oxygen atoms in total. The topological polar surface area (TPSA) is 104 Å². The molecule has 0 aliphatic rings. The fourth-order valence-corrected chi connectivity index (χ4v) is 3.09. The van der Waals surface area contributed by atoms with Crippen LogP contribution in [0.1, 0.15) is 15.9 Å². The summed E-state index contributed by atoms with van der Waals surface area (Å²) in [6.07, 6.45) is 0. The Balaban J connectivity index is 1.65. The number of H-pyrrole nitrogens is 1. The number of rotatable bonds is 6. The number of aromatic amines is 1. The van der Waals surface area contributed by atoms with Gasteiger partial charge in [0.1, 0.15) is 0 Å². The van der Waals surface area contributed by atoms with Gasteiger partial charge in [-0.2, -0.15) is 0 Å². The van der Waals surface area contributed by atoms with Crippen molar-refractivity contribution in [2.75, 3.05) is 18.2 Å². The van der Waals surface area contributed by atoms with Crippen molar-refractivity contribution in [2.45, 2.75) is 11.8 Å². The number of para-hydroxylation sites is 1. The van der Waals surface area contributed by atoms with Gasteiger partial charge in [-0.15, -0.1) is 0 Å². The number of esters is 1. The first-order chi connectivity index (χ1) is 12.6. The van der Waals surface area contributed by atoms with Crippen LogP contribution in [0.15, 0.2) is 47.6 Å². The summed E-state index contributed by atoms with van der Waals surface area (Å²) in [4.78, 5) is 31.5. The average Bonchev–Trinajstić information content (AvgIpc) is 3.08. The van der Waals surface area contributed by atoms with Crippen LogP contribution in [0.2, 0.25) is 0 Å². The highest BCUT2D eigenvalue weighted by Crippen LogP contribution is 2.21. The molecule has 2 aromatic carbocycles. The van der Waals surface area contributed by atoms with E-state index >= 15 is 0 Å². The Kier molecular flexibility index (Phi) is 5.55. The van der Waals surface area contributed by atoms with E-state index in [1.807, 2.05) is 12.1 Å². The summed E-state index contributed by atoms with van der Waals surface area (Å²) in [7, 11) is 1.29. The van der Waals surface area contributed by atoms with Crippen molar-refractivity contribution in [3.63, 3.8) is 0 Å². The molecule has 1 aromatic heterocycles. The first-order valence-electron chi connectivity index (χ1n) is 7.80. The molecule has 0 aliphatic carbocycles. The highest BCUT2D eigenvalue weighted by molar-refractivity contribution is 7.99. The molecule has 3 aromatic rings. The molecule has 0 saturated carbocycles. The molecule has 0 unspecified atom stereocenters. The number of amides is 1. The number of fused-ring (bicyclic) bond motifs is 1. The Morgan fingerprint density at radius 1 is 1.27 bits per heavy atom. The van der Waals surface area contributed by atoms with Crippen molar-refractivity contribution >= 4 is 40.4 Å². The quantitative estimate of drug-likeness (QED) is 0.454. The number of anilines is 1. The van der Waals surface area contributed by atoms with Gasteiger partial charge in [0.15, 0.2) is 5.16 Å². The van der Waals surface area contributed by atoms with Crippen LogP contribution < -0.4 is 5.32 Å². The number of benzene rings is 2. The van der Waals surface area contributed by atoms with E-state index in [1.165, 1.54) is 18.9 Å². The summed E-state index contributed by atoms with van der Waals surface area (Å²) in [6, 6.07) is 12.1. The molecule has 0 spiro atoms. The van der Waals surface area contributed by atoms with Gasteiger partial charge in [-0.3, -0.25) is 4.79 Å². The standard InChI is InChI=1S/C18H17N3O4S/c1-25-17(24)12-4-2-3-5-13(12)19-16(23)10-26-18-20-14-7-6-11(9-22)8-15(14)21-18/h2-8,22H,9-10H2,1H3,(H,19,23)(H,20,21). The largest absolute Gasteiger partial charge is 0.465 e. The predicted octanol–water partition coefficient (Wildman–Crippen LogP) is 2.57. The zero-order valence-electron chi connectivity index (χ0n) is 14.0. The summed E-state index contributed by atoms with van der Waals surface area (Å²) < 4.78 is 4.71. The maximum absolute atomic E-state index is 12.2. The molecule has 26 heavy (non-hydrogen) atoms. The fourth-order valence-electron chi connectivity index (χ4n) is 2.40. The van der Waals surface area contributed by atoms with Crippen molar-refractivity contribution in [2.24, 2.45) is 0 Å². The number of carbonyl (C=O) groups excluding carboxylic acids is 2. The monoisotopic (exact) mass is 371 g/mol. The molecule has 0 radical (unpaired) electrons. The zero-order valence-corrected chi connectivity index (χ0v) is 14.8. The van der Waals surface area contributed by atoms with Gasteiger partial charge < -0.3 is 20.1 Å². The second kappa shape index (κ2) is 8.03. The van der Waals surface area contributed by atoms with E-state index in [0.717, 1.165) is 16.6 Å². The van der Waals surface area contributed by atoms with Crippen molar-refractivity contribution in [1.29, 1.82) is 0 Å². The number of aromatic nitrogens is 2. The van der Waals surface area contributed by atoms with Gasteiger partial charge in [0, 0.05) is 0 Å². The molecule has 0 fully saturated rings. The van der Waals surface area contributed by atoms with E-state index in [1.54, 1.807) is 30.3 Å². The molecule has 0 bridgehead atoms. The van der Waals surface area contributed by atoms with Gasteiger partial charge in [-0.25, -0.2) is 9.78 Å².